The molecule has 0 saturated heterocycles. The van der Waals surface area contributed by atoms with Gasteiger partial charge in [0.2, 0.25) is 0 Å². The molecule has 0 aromatic heterocycles. The number of aromatic nitrogens is 4. The molecule has 0 amide bonds. The van der Waals surface area contributed by atoms with Crippen molar-refractivity contribution in [2.24, 2.45) is 0 Å². The van der Waals surface area contributed by atoms with Crippen molar-refractivity contribution in [2.75, 3.05) is 0 Å². The first-order chi connectivity index (χ1) is 14.4. The highest BCUT2D eigenvalue weighted by Crippen LogP contribution is 2.25. The van der Waals surface area contributed by atoms with Gasteiger partial charge in [0.05, 0.1) is 11.0 Å². The van der Waals surface area contributed by atoms with E-state index in [2.05, 4.69) is 15.0 Å². The number of para-hydroxylation sites is 1. The number of rotatable bonds is 4. The summed E-state index contributed by atoms with van der Waals surface area (Å²) in [6, 6.07) is 11.2. The number of nitrogens with one attached hydrogen (secondary N) is 1. The Morgan fingerprint density at radius 3 is 2.47 bits per heavy atom. The Balaban J connectivity index is 0.00000124. The van der Waals surface area contributed by atoms with Gasteiger partial charge in [0, 0.05) is 6.54 Å². The zero-order valence-electron chi connectivity index (χ0n) is 17.7. The minimum atomic E-state index is -0.683. The third-order valence-electron chi connectivity index (χ3n) is 5.04. The molecule has 2 aromatic rings. The Morgan fingerprint density at radius 2 is 1.73 bits per heavy atom. The molecule has 2 aliphatic heterocycles. The Morgan fingerprint density at radius 1 is 1.03 bits per heavy atom. The smallest absolute Gasteiger partial charge is 0.349 e. The molecule has 2 aromatic carbocycles. The van der Waals surface area contributed by atoms with E-state index in [1.807, 2.05) is 56.5 Å². The molecule has 0 spiro atoms. The van der Waals surface area contributed by atoms with Crippen LogP contribution in [-0.4, -0.2) is 24.6 Å². The third-order valence-corrected chi connectivity index (χ3v) is 5.04. The predicted octanol–water partition coefficient (Wildman–Crippen LogP) is 3.57. The number of phenols is 1. The number of aromatic hydroxyl groups is 1. The van der Waals surface area contributed by atoms with Gasteiger partial charge in [-0.1, -0.05) is 32.0 Å². The zero-order chi connectivity index (χ0) is 21.8. The molecule has 156 valence electrons. The minimum Gasteiger partial charge on any atom is -0.508 e. The van der Waals surface area contributed by atoms with Crippen LogP contribution < -0.4 is 11.2 Å². The van der Waals surface area contributed by atoms with Gasteiger partial charge in [0.25, 0.3) is 5.56 Å². The Labute approximate surface area is 174 Å². The van der Waals surface area contributed by atoms with E-state index in [-0.39, 0.29) is 17.3 Å². The molecule has 7 heteroatoms. The van der Waals surface area contributed by atoms with Crippen molar-refractivity contribution in [3.63, 3.8) is 0 Å². The SMILES string of the molecule is CC.Cc1cc2nc3c(=O)[nH]c(=O)nc-3n(CCCc3ccccc3O)c2cc1C. The molecule has 0 bridgehead atoms. The monoisotopic (exact) mass is 406 g/mol. The highest BCUT2D eigenvalue weighted by atomic mass is 16.3. The van der Waals surface area contributed by atoms with E-state index in [1.54, 1.807) is 12.1 Å². The summed E-state index contributed by atoms with van der Waals surface area (Å²) in [7, 11) is 0. The molecule has 2 N–H and O–H groups in total. The van der Waals surface area contributed by atoms with Crippen LogP contribution in [0.3, 0.4) is 0 Å². The quantitative estimate of drug-likeness (QED) is 0.505. The van der Waals surface area contributed by atoms with Crippen LogP contribution in [0.15, 0.2) is 46.0 Å². The van der Waals surface area contributed by atoms with Crippen LogP contribution >= 0.6 is 0 Å². The number of hydrogen-bond acceptors (Lipinski definition) is 5. The lowest BCUT2D eigenvalue weighted by Crippen LogP contribution is -2.29. The Kier molecular flexibility index (Phi) is 6.30. The Hall–Kier alpha value is -3.48. The number of fused-ring (bicyclic) bond motifs is 2. The molecular weight excluding hydrogens is 380 g/mol. The summed E-state index contributed by atoms with van der Waals surface area (Å²) in [5.74, 6) is 0.543. The van der Waals surface area contributed by atoms with Crippen LogP contribution in [0.1, 0.15) is 37.0 Å². The van der Waals surface area contributed by atoms with Gasteiger partial charge in [-0.15, -0.1) is 0 Å². The summed E-state index contributed by atoms with van der Waals surface area (Å²) in [5.41, 5.74) is 3.46. The molecule has 30 heavy (non-hydrogen) atoms. The second kappa shape index (κ2) is 8.90. The fraction of sp³-hybridized carbons (Fsp3) is 0.304. The number of benzene rings is 2. The van der Waals surface area contributed by atoms with Gasteiger partial charge in [-0.3, -0.25) is 9.78 Å². The fourth-order valence-electron chi connectivity index (χ4n) is 3.43. The molecule has 2 aliphatic rings. The standard InChI is InChI=1S/C21H20N4O3.C2H6/c1-12-10-15-16(11-13(12)2)25(9-5-7-14-6-3-4-8-17(14)26)19-18(22-15)20(27)24-21(28)23-19;1-2/h3-4,6,8,10-11,26H,5,7,9H2,1-2H3,(H,24,27,28);1-2H3. The number of hydrogen-bond donors (Lipinski definition) is 2. The maximum atomic E-state index is 12.3. The first kappa shape index (κ1) is 21.2. The summed E-state index contributed by atoms with van der Waals surface area (Å²) < 4.78 is 1.88. The molecule has 0 saturated carbocycles. The van der Waals surface area contributed by atoms with Gasteiger partial charge in [-0.05, 0) is 61.6 Å². The van der Waals surface area contributed by atoms with Crippen molar-refractivity contribution in [2.45, 2.75) is 47.1 Å². The maximum Gasteiger partial charge on any atom is 0.349 e. The van der Waals surface area contributed by atoms with E-state index < -0.39 is 11.2 Å². The molecule has 0 radical (unpaired) electrons. The van der Waals surface area contributed by atoms with Crippen LogP contribution in [0.25, 0.3) is 22.6 Å². The maximum absolute atomic E-state index is 12.3. The van der Waals surface area contributed by atoms with E-state index in [4.69, 9.17) is 0 Å². The normalized spacial score (nSPS) is 10.8. The number of aryl methyl sites for hydroxylation is 4. The van der Waals surface area contributed by atoms with Gasteiger partial charge in [-0.2, -0.15) is 4.98 Å². The van der Waals surface area contributed by atoms with Crippen LogP contribution in [0.2, 0.25) is 0 Å². The summed E-state index contributed by atoms with van der Waals surface area (Å²) in [6.07, 6.45) is 1.36. The molecule has 7 nitrogen and oxygen atoms in total. The first-order valence-corrected chi connectivity index (χ1v) is 10.1. The third kappa shape index (κ3) is 4.10. The van der Waals surface area contributed by atoms with Crippen molar-refractivity contribution < 1.29 is 5.11 Å². The van der Waals surface area contributed by atoms with Gasteiger partial charge in [-0.25, -0.2) is 9.78 Å². The number of H-pyrrole nitrogens is 1. The highest BCUT2D eigenvalue weighted by Gasteiger charge is 2.19. The lowest BCUT2D eigenvalue weighted by molar-refractivity contribution is 0.466. The van der Waals surface area contributed by atoms with E-state index in [9.17, 15) is 14.7 Å². The summed E-state index contributed by atoms with van der Waals surface area (Å²) in [6.45, 7) is 8.53. The van der Waals surface area contributed by atoms with Crippen molar-refractivity contribution in [3.8, 4) is 17.3 Å². The molecule has 0 atom stereocenters. The van der Waals surface area contributed by atoms with Gasteiger partial charge in [0.1, 0.15) is 5.75 Å². The van der Waals surface area contributed by atoms with Gasteiger partial charge >= 0.3 is 5.69 Å². The largest absolute Gasteiger partial charge is 0.508 e. The number of phenolic OH excluding ortho intramolecular Hbond substituents is 1. The second-order valence-electron chi connectivity index (χ2n) is 6.96. The highest BCUT2D eigenvalue weighted by molar-refractivity contribution is 5.81. The molecule has 4 rings (SSSR count). The molecular formula is C23H26N4O3. The molecule has 2 heterocycles. The number of aromatic amines is 1. The molecule has 0 unspecified atom stereocenters. The fourth-order valence-corrected chi connectivity index (χ4v) is 3.43. The van der Waals surface area contributed by atoms with E-state index in [1.165, 1.54) is 0 Å². The lowest BCUT2D eigenvalue weighted by atomic mass is 10.1. The van der Waals surface area contributed by atoms with Crippen LogP contribution in [0, 0.1) is 13.8 Å². The molecule has 0 fully saturated rings. The summed E-state index contributed by atoms with van der Waals surface area (Å²) in [5, 5.41) is 9.98. The second-order valence-corrected chi connectivity index (χ2v) is 6.96. The van der Waals surface area contributed by atoms with Gasteiger partial charge < -0.3 is 9.67 Å². The topological polar surface area (TPSA) is 101 Å². The zero-order valence-corrected chi connectivity index (χ0v) is 17.7. The van der Waals surface area contributed by atoms with Gasteiger partial charge in [0.15, 0.2) is 11.5 Å². The van der Waals surface area contributed by atoms with Crippen molar-refractivity contribution in [3.05, 3.63) is 73.9 Å². The number of nitrogens with zero attached hydrogens (tertiary/aromatic N) is 3. The average Bonchev–Trinajstić information content (AvgIpc) is 2.72. The van der Waals surface area contributed by atoms with Crippen LogP contribution in [0.5, 0.6) is 5.75 Å². The van der Waals surface area contributed by atoms with E-state index in [0.717, 1.165) is 22.2 Å². The van der Waals surface area contributed by atoms with Crippen molar-refractivity contribution in [1.82, 2.24) is 19.5 Å². The minimum absolute atomic E-state index is 0.151. The Bertz CT molecular complexity index is 1270. The molecule has 0 aliphatic carbocycles. The summed E-state index contributed by atoms with van der Waals surface area (Å²) >= 11 is 0. The van der Waals surface area contributed by atoms with E-state index >= 15 is 0 Å². The predicted molar refractivity (Wildman–Crippen MR) is 118 cm³/mol. The lowest BCUT2D eigenvalue weighted by Gasteiger charge is -2.18. The van der Waals surface area contributed by atoms with Crippen LogP contribution in [0.4, 0.5) is 0 Å². The van der Waals surface area contributed by atoms with Crippen molar-refractivity contribution >= 4 is 11.0 Å². The average molecular weight is 406 g/mol. The van der Waals surface area contributed by atoms with Crippen molar-refractivity contribution in [1.29, 1.82) is 0 Å². The summed E-state index contributed by atoms with van der Waals surface area (Å²) in [4.78, 5) is 34.8. The van der Waals surface area contributed by atoms with E-state index in [0.29, 0.717) is 24.9 Å². The van der Waals surface area contributed by atoms with Crippen LogP contribution in [-0.2, 0) is 13.0 Å². The first-order valence-electron chi connectivity index (χ1n) is 10.1.